The molecule has 2 fully saturated rings. The van der Waals surface area contributed by atoms with Gasteiger partial charge < -0.3 is 29.3 Å². The summed E-state index contributed by atoms with van der Waals surface area (Å²) in [6.45, 7) is 12.0. The van der Waals surface area contributed by atoms with Crippen molar-refractivity contribution in [3.05, 3.63) is 71.4 Å². The Morgan fingerprint density at radius 2 is 1.72 bits per heavy atom. The van der Waals surface area contributed by atoms with Crippen molar-refractivity contribution < 1.29 is 32.2 Å². The van der Waals surface area contributed by atoms with Crippen molar-refractivity contribution in [1.82, 2.24) is 25.0 Å². The zero-order valence-electron chi connectivity index (χ0n) is 30.7. The number of anilines is 1. The summed E-state index contributed by atoms with van der Waals surface area (Å²) in [4.78, 5) is 40.5. The molecule has 0 radical (unpaired) electrons. The van der Waals surface area contributed by atoms with Gasteiger partial charge in [0.2, 0.25) is 5.88 Å². The molecule has 2 saturated heterocycles. The summed E-state index contributed by atoms with van der Waals surface area (Å²) >= 11 is 0. The molecule has 4 heterocycles. The third-order valence-electron chi connectivity index (χ3n) is 10.2. The molecule has 3 aliphatic heterocycles. The number of aromatic nitrogens is 1. The molecule has 14 nitrogen and oxygen atoms in total. The van der Waals surface area contributed by atoms with Gasteiger partial charge in [0.25, 0.3) is 15.9 Å². The quantitative estimate of drug-likeness (QED) is 0.287. The maximum Gasteiger partial charge on any atom is 0.318 e. The molecule has 1 unspecified atom stereocenters. The number of piperidine rings is 1. The van der Waals surface area contributed by atoms with Crippen molar-refractivity contribution >= 4 is 27.6 Å². The lowest BCUT2D eigenvalue weighted by atomic mass is 9.83. The van der Waals surface area contributed by atoms with Gasteiger partial charge in [-0.3, -0.25) is 9.69 Å². The number of piperazine rings is 1. The number of nitriles is 1. The van der Waals surface area contributed by atoms with Crippen LogP contribution in [0.1, 0.15) is 56.7 Å². The molecule has 0 saturated carbocycles. The number of benzene rings is 2. The molecule has 1 atom stereocenters. The van der Waals surface area contributed by atoms with Crippen LogP contribution in [0.5, 0.6) is 17.4 Å². The Labute approximate surface area is 311 Å². The molecule has 0 spiro atoms. The largest absolute Gasteiger partial charge is 0.497 e. The van der Waals surface area contributed by atoms with E-state index in [1.807, 2.05) is 0 Å². The van der Waals surface area contributed by atoms with E-state index in [1.54, 1.807) is 30.9 Å². The number of rotatable bonds is 12. The fourth-order valence-corrected chi connectivity index (χ4v) is 9.19. The summed E-state index contributed by atoms with van der Waals surface area (Å²) in [5.41, 5.74) is -1.78. The van der Waals surface area contributed by atoms with Gasteiger partial charge >= 0.3 is 6.03 Å². The number of hydrogen-bond donors (Lipinski definition) is 1. The standard InChI is InChI=1S/C38H47N7O7S/c1-5-17-42-20-22-43(23-21-42)28-14-18-44(19-15-28)37(47)41-38(30-9-8-16-40-35(30)52-7-3)31-24-27(26-39)10-12-32(31)45(36(38)46)53(48,49)34-13-11-29(50-4)25-33(34)51-6-2/h8-13,16,24-25,28H,5-7,14-15,17-23H2,1-4H3,(H,41,47). The number of ether oxygens (including phenoxy) is 3. The van der Waals surface area contributed by atoms with Crippen LogP contribution in [-0.4, -0.2) is 112 Å². The molecular formula is C38H47N7O7S. The summed E-state index contributed by atoms with van der Waals surface area (Å²) in [6.07, 6.45) is 4.13. The van der Waals surface area contributed by atoms with E-state index >= 15 is 4.79 Å². The normalized spacial score (nSPS) is 19.8. The Kier molecular flexibility index (Phi) is 11.4. The average Bonchev–Trinajstić information content (AvgIpc) is 3.42. The van der Waals surface area contributed by atoms with Crippen LogP contribution in [0.2, 0.25) is 0 Å². The number of likely N-dealkylation sites (tertiary alicyclic amines) is 1. The molecule has 53 heavy (non-hydrogen) atoms. The number of fused-ring (bicyclic) bond motifs is 1. The number of nitrogens with one attached hydrogen (secondary N) is 1. The SMILES string of the molecule is CCCN1CCN(C2CCN(C(=O)NC3(c4cccnc4OCC)C(=O)N(S(=O)(=O)c4ccc(OC)cc4OCC)c4ccc(C#N)cc43)CC2)CC1. The lowest BCUT2D eigenvalue weighted by Crippen LogP contribution is -2.59. The number of pyridine rings is 1. The van der Waals surface area contributed by atoms with Gasteiger partial charge in [-0.2, -0.15) is 9.57 Å². The number of hydrogen-bond acceptors (Lipinski definition) is 11. The van der Waals surface area contributed by atoms with Crippen LogP contribution in [0.3, 0.4) is 0 Å². The number of methoxy groups -OCH3 is 1. The highest BCUT2D eigenvalue weighted by atomic mass is 32.2. The Bertz CT molecular complexity index is 1970. The summed E-state index contributed by atoms with van der Waals surface area (Å²) in [7, 11) is -3.26. The molecule has 3 aromatic rings. The molecule has 6 rings (SSSR count). The van der Waals surface area contributed by atoms with Crippen LogP contribution < -0.4 is 23.8 Å². The van der Waals surface area contributed by atoms with E-state index in [-0.39, 0.29) is 52.1 Å². The van der Waals surface area contributed by atoms with E-state index in [0.717, 1.165) is 52.0 Å². The minimum atomic E-state index is -4.71. The second-order valence-corrected chi connectivity index (χ2v) is 15.0. The van der Waals surface area contributed by atoms with Crippen molar-refractivity contribution in [2.75, 3.05) is 70.4 Å². The molecule has 15 heteroatoms. The molecular weight excluding hydrogens is 699 g/mol. The lowest BCUT2D eigenvalue weighted by Gasteiger charge is -2.43. The number of sulfonamides is 1. The fraction of sp³-hybridized carbons (Fsp3) is 0.474. The van der Waals surface area contributed by atoms with Gasteiger partial charge in [0, 0.05) is 63.1 Å². The molecule has 2 aromatic carbocycles. The molecule has 1 aromatic heterocycles. The Balaban J connectivity index is 1.41. The fourth-order valence-electron chi connectivity index (χ4n) is 7.61. The first kappa shape index (κ1) is 37.8. The van der Waals surface area contributed by atoms with E-state index in [0.29, 0.717) is 29.2 Å². The van der Waals surface area contributed by atoms with Crippen molar-refractivity contribution in [2.45, 2.75) is 56.5 Å². The van der Waals surface area contributed by atoms with Crippen LogP contribution in [0.4, 0.5) is 10.5 Å². The number of urea groups is 1. The number of nitrogens with zero attached hydrogens (tertiary/aromatic N) is 6. The Morgan fingerprint density at radius 1 is 0.981 bits per heavy atom. The van der Waals surface area contributed by atoms with Crippen LogP contribution in [0.25, 0.3) is 0 Å². The van der Waals surface area contributed by atoms with E-state index in [4.69, 9.17) is 14.2 Å². The average molecular weight is 746 g/mol. The van der Waals surface area contributed by atoms with E-state index in [2.05, 4.69) is 33.1 Å². The molecule has 0 bridgehead atoms. The van der Waals surface area contributed by atoms with Crippen LogP contribution in [0, 0.1) is 11.3 Å². The highest BCUT2D eigenvalue weighted by Crippen LogP contribution is 2.50. The number of carbonyl (C=O) groups excluding carboxylic acids is 2. The predicted molar refractivity (Wildman–Crippen MR) is 198 cm³/mol. The summed E-state index contributed by atoms with van der Waals surface area (Å²) in [5.74, 6) is -0.595. The second-order valence-electron chi connectivity index (χ2n) is 13.2. The summed E-state index contributed by atoms with van der Waals surface area (Å²) < 4.78 is 47.2. The van der Waals surface area contributed by atoms with E-state index in [1.165, 1.54) is 49.7 Å². The lowest BCUT2D eigenvalue weighted by molar-refractivity contribution is -0.121. The van der Waals surface area contributed by atoms with Crippen molar-refractivity contribution in [1.29, 1.82) is 5.26 Å². The van der Waals surface area contributed by atoms with Gasteiger partial charge in [-0.25, -0.2) is 18.2 Å². The predicted octanol–water partition coefficient (Wildman–Crippen LogP) is 3.94. The molecule has 3 aliphatic rings. The van der Waals surface area contributed by atoms with Crippen LogP contribution in [0.15, 0.2) is 59.6 Å². The third-order valence-corrected chi connectivity index (χ3v) is 11.9. The smallest absolute Gasteiger partial charge is 0.318 e. The number of amides is 3. The second kappa shape index (κ2) is 16.0. The van der Waals surface area contributed by atoms with Crippen molar-refractivity contribution in [3.63, 3.8) is 0 Å². The van der Waals surface area contributed by atoms with Gasteiger partial charge in [0.05, 0.1) is 43.2 Å². The summed E-state index contributed by atoms with van der Waals surface area (Å²) in [6, 6.07) is 13.5. The van der Waals surface area contributed by atoms with E-state index in [9.17, 15) is 18.5 Å². The first-order valence-electron chi connectivity index (χ1n) is 18.2. The number of carbonyl (C=O) groups is 2. The Morgan fingerprint density at radius 3 is 2.38 bits per heavy atom. The topological polar surface area (TPSA) is 158 Å². The highest BCUT2D eigenvalue weighted by molar-refractivity contribution is 7.93. The van der Waals surface area contributed by atoms with Gasteiger partial charge in [0.15, 0.2) is 5.54 Å². The highest BCUT2D eigenvalue weighted by Gasteiger charge is 2.59. The van der Waals surface area contributed by atoms with Gasteiger partial charge in [-0.1, -0.05) is 6.92 Å². The monoisotopic (exact) mass is 745 g/mol. The first-order valence-corrected chi connectivity index (χ1v) is 19.6. The molecule has 282 valence electrons. The summed E-state index contributed by atoms with van der Waals surface area (Å²) in [5, 5.41) is 13.0. The molecule has 3 amide bonds. The third kappa shape index (κ3) is 7.10. The maximum atomic E-state index is 15.3. The van der Waals surface area contributed by atoms with Gasteiger partial charge in [-0.05, 0) is 82.1 Å². The van der Waals surface area contributed by atoms with Crippen molar-refractivity contribution in [2.24, 2.45) is 0 Å². The van der Waals surface area contributed by atoms with Crippen molar-refractivity contribution in [3.8, 4) is 23.4 Å². The minimum absolute atomic E-state index is 0.0117. The maximum absolute atomic E-state index is 15.3. The van der Waals surface area contributed by atoms with Gasteiger partial charge in [0.1, 0.15) is 16.4 Å². The Hall–Kier alpha value is -4.91. The van der Waals surface area contributed by atoms with Gasteiger partial charge in [-0.15, -0.1) is 0 Å². The molecule has 1 N–H and O–H groups in total. The molecule has 0 aliphatic carbocycles. The zero-order valence-corrected chi connectivity index (χ0v) is 31.5. The van der Waals surface area contributed by atoms with E-state index < -0.39 is 27.5 Å². The minimum Gasteiger partial charge on any atom is -0.497 e. The van der Waals surface area contributed by atoms with Crippen LogP contribution >= 0.6 is 0 Å². The van der Waals surface area contributed by atoms with Crippen LogP contribution in [-0.2, 0) is 20.4 Å². The first-order chi connectivity index (χ1) is 25.6. The zero-order chi connectivity index (χ0) is 37.8.